The van der Waals surface area contributed by atoms with Gasteiger partial charge in [-0.05, 0) is 25.3 Å². The van der Waals surface area contributed by atoms with Gasteiger partial charge in [0.1, 0.15) is 0 Å². The number of Topliss-reactive ketones (excluding diaryl/α,β-unsaturated/α-hetero) is 1. The Hall–Kier alpha value is -3.50. The predicted octanol–water partition coefficient (Wildman–Crippen LogP) is 0.767. The summed E-state index contributed by atoms with van der Waals surface area (Å²) in [5.41, 5.74) is 4.21. The summed E-state index contributed by atoms with van der Waals surface area (Å²) in [7, 11) is 1.99. The van der Waals surface area contributed by atoms with Gasteiger partial charge in [0.25, 0.3) is 0 Å². The Morgan fingerprint density at radius 2 is 1.77 bits per heavy atom. The highest BCUT2D eigenvalue weighted by Gasteiger charge is 2.30. The summed E-state index contributed by atoms with van der Waals surface area (Å²) in [6, 6.07) is 8.09. The number of imidazole rings is 1. The molecule has 1 aliphatic rings. The second-order valence-corrected chi connectivity index (χ2v) is 7.37. The van der Waals surface area contributed by atoms with Gasteiger partial charge in [-0.15, -0.1) is 0 Å². The number of aliphatic carboxylic acids is 2. The zero-order valence-corrected chi connectivity index (χ0v) is 16.7. The van der Waals surface area contributed by atoms with Crippen molar-refractivity contribution in [3.05, 3.63) is 53.7 Å². The van der Waals surface area contributed by atoms with Crippen LogP contribution in [0, 0.1) is 5.92 Å². The van der Waals surface area contributed by atoms with E-state index >= 15 is 0 Å². The second kappa shape index (κ2) is 9.11. The van der Waals surface area contributed by atoms with Gasteiger partial charge < -0.3 is 30.0 Å². The first kappa shape index (κ1) is 22.2. The van der Waals surface area contributed by atoms with Crippen LogP contribution in [-0.4, -0.2) is 64.9 Å². The monoisotopic (exact) mass is 429 g/mol. The van der Waals surface area contributed by atoms with Crippen LogP contribution in [0.4, 0.5) is 0 Å². The number of aliphatic hydroxyl groups is 2. The number of nitrogens with one attached hydrogen (secondary N) is 1. The molecule has 0 saturated heterocycles. The fraction of sp³-hybridized carbons (Fsp3) is 0.333. The molecule has 2 heterocycles. The molecule has 2 aromatic heterocycles. The number of carboxylic acid groups (broad SMARTS) is 2. The number of H-pyrrole nitrogens is 1. The maximum Gasteiger partial charge on any atom is 0.335 e. The van der Waals surface area contributed by atoms with Crippen LogP contribution in [0.5, 0.6) is 0 Å². The quantitative estimate of drug-likeness (QED) is 0.371. The Morgan fingerprint density at radius 3 is 2.42 bits per heavy atom. The number of carbonyl (C=O) groups is 3. The van der Waals surface area contributed by atoms with Gasteiger partial charge >= 0.3 is 11.9 Å². The molecule has 164 valence electrons. The summed E-state index contributed by atoms with van der Waals surface area (Å²) < 4.78 is 2.03. The third-order valence-electron chi connectivity index (χ3n) is 5.33. The van der Waals surface area contributed by atoms with E-state index in [1.165, 1.54) is 0 Å². The highest BCUT2D eigenvalue weighted by molar-refractivity contribution is 6.09. The van der Waals surface area contributed by atoms with Crippen LogP contribution >= 0.6 is 0 Å². The van der Waals surface area contributed by atoms with Gasteiger partial charge in [-0.1, -0.05) is 18.2 Å². The van der Waals surface area contributed by atoms with Crippen molar-refractivity contribution >= 4 is 28.6 Å². The van der Waals surface area contributed by atoms with Crippen molar-refractivity contribution in [1.82, 2.24) is 14.5 Å². The Bertz CT molecular complexity index is 1100. The summed E-state index contributed by atoms with van der Waals surface area (Å²) in [6.45, 7) is 0. The number of carboxylic acids is 2. The summed E-state index contributed by atoms with van der Waals surface area (Å²) in [5.74, 6) is -3.22. The zero-order chi connectivity index (χ0) is 22.7. The van der Waals surface area contributed by atoms with Crippen LogP contribution in [-0.2, 0) is 29.5 Å². The molecule has 2 unspecified atom stereocenters. The van der Waals surface area contributed by atoms with E-state index in [1.807, 2.05) is 36.0 Å². The van der Waals surface area contributed by atoms with Crippen LogP contribution in [0.25, 0.3) is 10.9 Å². The van der Waals surface area contributed by atoms with Crippen LogP contribution in [0.15, 0.2) is 36.8 Å². The zero-order valence-electron chi connectivity index (χ0n) is 16.7. The van der Waals surface area contributed by atoms with Crippen molar-refractivity contribution in [1.29, 1.82) is 0 Å². The molecular weight excluding hydrogens is 406 g/mol. The summed E-state index contributed by atoms with van der Waals surface area (Å²) >= 11 is 0. The number of aryl methyl sites for hydroxylation is 2. The number of hydrogen-bond donors (Lipinski definition) is 5. The molecule has 3 atom stereocenters. The minimum Gasteiger partial charge on any atom is -0.479 e. The normalized spacial score (nSPS) is 17.2. The maximum atomic E-state index is 12.9. The molecule has 0 spiro atoms. The van der Waals surface area contributed by atoms with Crippen LogP contribution in [0.3, 0.4) is 0 Å². The lowest BCUT2D eigenvalue weighted by atomic mass is 9.84. The fourth-order valence-electron chi connectivity index (χ4n) is 3.65. The average Bonchev–Trinajstić information content (AvgIpc) is 3.36. The Labute approximate surface area is 176 Å². The summed E-state index contributed by atoms with van der Waals surface area (Å²) in [5, 5.41) is 33.6. The molecule has 1 aliphatic carbocycles. The van der Waals surface area contributed by atoms with Gasteiger partial charge in [0.2, 0.25) is 0 Å². The van der Waals surface area contributed by atoms with E-state index in [4.69, 9.17) is 20.4 Å². The summed E-state index contributed by atoms with van der Waals surface area (Å²) in [4.78, 5) is 39.9. The molecule has 5 N–H and O–H groups in total. The minimum absolute atomic E-state index is 0.0590. The van der Waals surface area contributed by atoms with Crippen molar-refractivity contribution in [3.63, 3.8) is 0 Å². The van der Waals surface area contributed by atoms with Crippen molar-refractivity contribution in [2.45, 2.75) is 31.5 Å². The largest absolute Gasteiger partial charge is 0.479 e. The van der Waals surface area contributed by atoms with E-state index in [0.717, 1.165) is 47.1 Å². The van der Waals surface area contributed by atoms with Crippen LogP contribution in [0.1, 0.15) is 28.2 Å². The van der Waals surface area contributed by atoms with E-state index < -0.39 is 24.1 Å². The number of aliphatic hydroxyl groups excluding tert-OH is 2. The Morgan fingerprint density at radius 1 is 1.13 bits per heavy atom. The second-order valence-electron chi connectivity index (χ2n) is 7.37. The number of carbonyl (C=O) groups excluding carboxylic acids is 1. The number of rotatable bonds is 5. The van der Waals surface area contributed by atoms with Crippen LogP contribution in [0.2, 0.25) is 0 Å². The van der Waals surface area contributed by atoms with E-state index in [0.29, 0.717) is 0 Å². The Balaban J connectivity index is 0.000000233. The molecule has 10 nitrogen and oxygen atoms in total. The minimum atomic E-state index is -2.27. The number of aromatic nitrogens is 3. The number of fused-ring (bicyclic) bond motifs is 2. The molecule has 0 radical (unpaired) electrons. The first-order valence-electron chi connectivity index (χ1n) is 9.61. The molecule has 10 heteroatoms. The number of aromatic amines is 1. The molecule has 0 aliphatic heterocycles. The number of para-hydroxylation sites is 1. The highest BCUT2D eigenvalue weighted by atomic mass is 16.4. The van der Waals surface area contributed by atoms with Crippen molar-refractivity contribution in [2.75, 3.05) is 0 Å². The molecule has 31 heavy (non-hydrogen) atoms. The lowest BCUT2D eigenvalue weighted by Crippen LogP contribution is -2.39. The topological polar surface area (TPSA) is 166 Å². The van der Waals surface area contributed by atoms with Gasteiger partial charge in [-0.3, -0.25) is 4.79 Å². The molecule has 0 amide bonds. The first-order chi connectivity index (χ1) is 14.7. The third kappa shape index (κ3) is 4.65. The maximum absolute atomic E-state index is 12.9. The number of nitrogens with zero attached hydrogens (tertiary/aromatic N) is 2. The average molecular weight is 429 g/mol. The number of hydrogen-bond acceptors (Lipinski definition) is 6. The van der Waals surface area contributed by atoms with Gasteiger partial charge in [0, 0.05) is 41.3 Å². The smallest absolute Gasteiger partial charge is 0.335 e. The molecular formula is C21H23N3O7. The molecule has 0 saturated carbocycles. The number of benzene rings is 1. The molecule has 3 aromatic rings. The standard InChI is InChI=1S/C17H17N3O.C4H6O6/c1-20-9-13(12-4-2-3-5-16(12)20)17(21)11-6-7-14-15(8-11)19-10-18-14;5-1(3(7)8)2(6)4(9)10/h2-5,9-11H,6-8H2,1H3,(H,18,19);1-2,5-6H,(H,7,8)(H,9,10)/t11-;/m1./s1. The molecule has 4 rings (SSSR count). The van der Waals surface area contributed by atoms with E-state index in [2.05, 4.69) is 16.0 Å². The lowest BCUT2D eigenvalue weighted by molar-refractivity contribution is -0.165. The van der Waals surface area contributed by atoms with Crippen molar-refractivity contribution in [2.24, 2.45) is 13.0 Å². The first-order valence-corrected chi connectivity index (χ1v) is 9.61. The van der Waals surface area contributed by atoms with E-state index in [9.17, 15) is 14.4 Å². The highest BCUT2D eigenvalue weighted by Crippen LogP contribution is 2.29. The fourth-order valence-corrected chi connectivity index (χ4v) is 3.65. The van der Waals surface area contributed by atoms with E-state index in [-0.39, 0.29) is 11.7 Å². The van der Waals surface area contributed by atoms with Gasteiger partial charge in [-0.2, -0.15) is 0 Å². The van der Waals surface area contributed by atoms with Crippen molar-refractivity contribution in [3.8, 4) is 0 Å². The van der Waals surface area contributed by atoms with Crippen molar-refractivity contribution < 1.29 is 34.8 Å². The predicted molar refractivity (Wildman–Crippen MR) is 109 cm³/mol. The van der Waals surface area contributed by atoms with Gasteiger partial charge in [0.15, 0.2) is 18.0 Å². The van der Waals surface area contributed by atoms with Gasteiger partial charge in [0.05, 0.1) is 12.0 Å². The lowest BCUT2D eigenvalue weighted by Gasteiger charge is -2.19. The van der Waals surface area contributed by atoms with E-state index in [1.54, 1.807) is 6.33 Å². The molecule has 0 fully saturated rings. The summed E-state index contributed by atoms with van der Waals surface area (Å²) in [6.07, 6.45) is 1.72. The molecule has 0 bridgehead atoms. The van der Waals surface area contributed by atoms with Gasteiger partial charge in [-0.25, -0.2) is 14.6 Å². The Kier molecular flexibility index (Phi) is 6.52. The van der Waals surface area contributed by atoms with Crippen LogP contribution < -0.4 is 0 Å². The number of ketones is 1. The molecule has 1 aromatic carbocycles. The SMILES string of the molecule is Cn1cc(C(=O)[C@@H]2CCc3nc[nH]c3C2)c2ccccc21.O=C(O)C(O)C(O)C(=O)O. The third-order valence-corrected chi connectivity index (χ3v) is 5.33.